The number of nitrogens with zero attached hydrogens (tertiary/aromatic N) is 1. The summed E-state index contributed by atoms with van der Waals surface area (Å²) in [7, 11) is 0. The van der Waals surface area contributed by atoms with Crippen LogP contribution in [-0.4, -0.2) is 16.4 Å². The fourth-order valence-electron chi connectivity index (χ4n) is 3.46. The zero-order chi connectivity index (χ0) is 22.1. The van der Waals surface area contributed by atoms with Crippen molar-refractivity contribution in [3.8, 4) is 5.69 Å². The van der Waals surface area contributed by atoms with Crippen LogP contribution in [0.2, 0.25) is 5.02 Å². The third kappa shape index (κ3) is 4.54. The van der Waals surface area contributed by atoms with E-state index in [1.54, 1.807) is 18.2 Å². The van der Waals surface area contributed by atoms with Gasteiger partial charge in [0, 0.05) is 23.9 Å². The van der Waals surface area contributed by atoms with E-state index in [4.69, 9.17) is 11.6 Å². The SMILES string of the molecule is Cc1cccc(C)c1-n1cc(C(=O)Nc2cc(NC(=O)C3CC3)ccc2Cl)ccc1=O. The second-order valence-corrected chi connectivity index (χ2v) is 8.19. The van der Waals surface area contributed by atoms with E-state index in [2.05, 4.69) is 10.6 Å². The molecule has 3 aromatic rings. The maximum absolute atomic E-state index is 12.9. The van der Waals surface area contributed by atoms with Crippen LogP contribution in [0.15, 0.2) is 59.5 Å². The van der Waals surface area contributed by atoms with Crippen molar-refractivity contribution in [1.82, 2.24) is 4.57 Å². The molecule has 1 fully saturated rings. The molecule has 0 saturated heterocycles. The van der Waals surface area contributed by atoms with E-state index < -0.39 is 5.91 Å². The summed E-state index contributed by atoms with van der Waals surface area (Å²) in [5.74, 6) is -0.368. The van der Waals surface area contributed by atoms with Crippen LogP contribution in [0.1, 0.15) is 34.3 Å². The van der Waals surface area contributed by atoms with E-state index in [0.29, 0.717) is 22.0 Å². The van der Waals surface area contributed by atoms with Gasteiger partial charge in [-0.2, -0.15) is 0 Å². The standard InChI is InChI=1S/C24H22ClN3O3/c1-14-4-3-5-15(2)22(14)28-13-17(8-11-21(28)29)24(31)27-20-12-18(9-10-19(20)25)26-23(30)16-6-7-16/h3-5,8-13,16H,6-7H2,1-2H3,(H,26,30)(H,27,31). The highest BCUT2D eigenvalue weighted by atomic mass is 35.5. The van der Waals surface area contributed by atoms with Crippen molar-refractivity contribution < 1.29 is 9.59 Å². The van der Waals surface area contributed by atoms with Gasteiger partial charge in [-0.3, -0.25) is 19.0 Å². The van der Waals surface area contributed by atoms with Crippen molar-refractivity contribution in [2.45, 2.75) is 26.7 Å². The Balaban J connectivity index is 1.61. The smallest absolute Gasteiger partial charge is 0.257 e. The summed E-state index contributed by atoms with van der Waals surface area (Å²) in [4.78, 5) is 37.4. The second-order valence-electron chi connectivity index (χ2n) is 7.78. The molecule has 1 aromatic heterocycles. The van der Waals surface area contributed by atoms with E-state index >= 15 is 0 Å². The molecular weight excluding hydrogens is 414 g/mol. The second kappa shape index (κ2) is 8.40. The molecule has 1 aliphatic carbocycles. The van der Waals surface area contributed by atoms with Gasteiger partial charge in [-0.1, -0.05) is 29.8 Å². The monoisotopic (exact) mass is 435 g/mol. The van der Waals surface area contributed by atoms with Crippen LogP contribution in [0.3, 0.4) is 0 Å². The number of nitrogens with one attached hydrogen (secondary N) is 2. The number of rotatable bonds is 5. The predicted octanol–water partition coefficient (Wildman–Crippen LogP) is 4.71. The number of hydrogen-bond acceptors (Lipinski definition) is 3. The lowest BCUT2D eigenvalue weighted by Gasteiger charge is -2.14. The third-order valence-corrected chi connectivity index (χ3v) is 5.61. The number of pyridine rings is 1. The number of anilines is 2. The Bertz CT molecular complexity index is 1220. The first kappa shape index (κ1) is 20.9. The molecule has 2 N–H and O–H groups in total. The molecule has 0 unspecified atom stereocenters. The zero-order valence-electron chi connectivity index (χ0n) is 17.2. The molecule has 6 nitrogen and oxygen atoms in total. The highest BCUT2D eigenvalue weighted by Gasteiger charge is 2.29. The number of aromatic nitrogens is 1. The molecule has 7 heteroatoms. The summed E-state index contributed by atoms with van der Waals surface area (Å²) in [5, 5.41) is 5.96. The Morgan fingerprint density at radius 2 is 1.71 bits per heavy atom. The highest BCUT2D eigenvalue weighted by molar-refractivity contribution is 6.34. The molecule has 0 radical (unpaired) electrons. The van der Waals surface area contributed by atoms with Gasteiger partial charge in [0.2, 0.25) is 5.91 Å². The fraction of sp³-hybridized carbons (Fsp3) is 0.208. The number of carbonyl (C=O) groups excluding carboxylic acids is 2. The molecule has 31 heavy (non-hydrogen) atoms. The summed E-state index contributed by atoms with van der Waals surface area (Å²) < 4.78 is 1.48. The summed E-state index contributed by atoms with van der Waals surface area (Å²) in [6.45, 7) is 3.84. The lowest BCUT2D eigenvalue weighted by atomic mass is 10.1. The van der Waals surface area contributed by atoms with Crippen LogP contribution < -0.4 is 16.2 Å². The minimum atomic E-state index is -0.410. The maximum Gasteiger partial charge on any atom is 0.257 e. The van der Waals surface area contributed by atoms with Crippen molar-refractivity contribution >= 4 is 34.8 Å². The lowest BCUT2D eigenvalue weighted by Crippen LogP contribution is -2.22. The topological polar surface area (TPSA) is 80.2 Å². The van der Waals surface area contributed by atoms with Gasteiger partial charge in [0.15, 0.2) is 0 Å². The van der Waals surface area contributed by atoms with Crippen LogP contribution in [-0.2, 0) is 4.79 Å². The molecule has 1 heterocycles. The number of halogens is 1. The summed E-state index contributed by atoms with van der Waals surface area (Å²) >= 11 is 6.25. The van der Waals surface area contributed by atoms with Crippen molar-refractivity contribution in [3.63, 3.8) is 0 Å². The van der Waals surface area contributed by atoms with Gasteiger partial charge in [-0.25, -0.2) is 0 Å². The number of benzene rings is 2. The Morgan fingerprint density at radius 3 is 2.39 bits per heavy atom. The fourth-order valence-corrected chi connectivity index (χ4v) is 3.63. The molecule has 2 aromatic carbocycles. The van der Waals surface area contributed by atoms with Gasteiger partial charge < -0.3 is 10.6 Å². The van der Waals surface area contributed by atoms with Crippen LogP contribution in [0, 0.1) is 19.8 Å². The van der Waals surface area contributed by atoms with E-state index in [-0.39, 0.29) is 17.4 Å². The van der Waals surface area contributed by atoms with Crippen LogP contribution in [0.5, 0.6) is 0 Å². The maximum atomic E-state index is 12.9. The molecule has 0 bridgehead atoms. The highest BCUT2D eigenvalue weighted by Crippen LogP contribution is 2.31. The Morgan fingerprint density at radius 1 is 1.00 bits per heavy atom. The van der Waals surface area contributed by atoms with Crippen molar-refractivity contribution in [2.75, 3.05) is 10.6 Å². The average molecular weight is 436 g/mol. The van der Waals surface area contributed by atoms with Gasteiger partial charge in [0.1, 0.15) is 0 Å². The molecule has 2 amide bonds. The Labute approximate surface area is 184 Å². The number of para-hydroxylation sites is 1. The average Bonchev–Trinajstić information content (AvgIpc) is 3.57. The number of aryl methyl sites for hydroxylation is 2. The first-order valence-electron chi connectivity index (χ1n) is 10.0. The minimum Gasteiger partial charge on any atom is -0.326 e. The molecule has 1 saturated carbocycles. The predicted molar refractivity (Wildman–Crippen MR) is 122 cm³/mol. The van der Waals surface area contributed by atoms with Crippen molar-refractivity contribution in [2.24, 2.45) is 5.92 Å². The van der Waals surface area contributed by atoms with Crippen molar-refractivity contribution in [1.29, 1.82) is 0 Å². The summed E-state index contributed by atoms with van der Waals surface area (Å²) in [6, 6.07) is 13.6. The zero-order valence-corrected chi connectivity index (χ0v) is 18.0. The molecule has 0 atom stereocenters. The minimum absolute atomic E-state index is 0.0275. The van der Waals surface area contributed by atoms with Gasteiger partial charge in [-0.15, -0.1) is 0 Å². The molecular formula is C24H22ClN3O3. The largest absolute Gasteiger partial charge is 0.326 e. The Kier molecular flexibility index (Phi) is 5.65. The van der Waals surface area contributed by atoms with E-state index in [1.165, 1.54) is 22.9 Å². The molecule has 0 aliphatic heterocycles. The van der Waals surface area contributed by atoms with Gasteiger partial charge in [0.05, 0.1) is 22.0 Å². The normalized spacial score (nSPS) is 13.0. The summed E-state index contributed by atoms with van der Waals surface area (Å²) in [5.41, 5.74) is 3.65. The van der Waals surface area contributed by atoms with Gasteiger partial charge in [0.25, 0.3) is 11.5 Å². The number of amides is 2. The van der Waals surface area contributed by atoms with Crippen LogP contribution in [0.25, 0.3) is 5.69 Å². The quantitative estimate of drug-likeness (QED) is 0.609. The molecule has 1 aliphatic rings. The van der Waals surface area contributed by atoms with E-state index in [9.17, 15) is 14.4 Å². The Hall–Kier alpha value is -3.38. The third-order valence-electron chi connectivity index (χ3n) is 5.28. The van der Waals surface area contributed by atoms with E-state index in [0.717, 1.165) is 29.7 Å². The first-order valence-corrected chi connectivity index (χ1v) is 10.4. The molecule has 0 spiro atoms. The molecule has 158 valence electrons. The van der Waals surface area contributed by atoms with E-state index in [1.807, 2.05) is 32.0 Å². The van der Waals surface area contributed by atoms with Crippen molar-refractivity contribution in [3.05, 3.63) is 86.8 Å². The van der Waals surface area contributed by atoms with Crippen LogP contribution >= 0.6 is 11.6 Å². The van der Waals surface area contributed by atoms with Crippen LogP contribution in [0.4, 0.5) is 11.4 Å². The molecule has 4 rings (SSSR count). The lowest BCUT2D eigenvalue weighted by molar-refractivity contribution is -0.117. The number of carbonyl (C=O) groups is 2. The number of hydrogen-bond donors (Lipinski definition) is 2. The van der Waals surface area contributed by atoms with Gasteiger partial charge >= 0.3 is 0 Å². The van der Waals surface area contributed by atoms with Gasteiger partial charge in [-0.05, 0) is 62.1 Å². The summed E-state index contributed by atoms with van der Waals surface area (Å²) in [6.07, 6.45) is 3.33. The first-order chi connectivity index (χ1) is 14.8.